The van der Waals surface area contributed by atoms with Gasteiger partial charge in [-0.15, -0.1) is 0 Å². The highest BCUT2D eigenvalue weighted by molar-refractivity contribution is 9.10. The number of morpholine rings is 1. The lowest BCUT2D eigenvalue weighted by Gasteiger charge is -2.34. The van der Waals surface area contributed by atoms with E-state index in [-0.39, 0.29) is 6.10 Å². The van der Waals surface area contributed by atoms with Crippen molar-refractivity contribution >= 4 is 21.7 Å². The van der Waals surface area contributed by atoms with Crippen molar-refractivity contribution in [2.24, 2.45) is 0 Å². The molecule has 0 aromatic carbocycles. The maximum Gasteiger partial charge on any atom is 0.161 e. The number of halogens is 1. The van der Waals surface area contributed by atoms with Gasteiger partial charge in [-0.2, -0.15) is 0 Å². The predicted octanol–water partition coefficient (Wildman–Crippen LogP) is 2.77. The highest BCUT2D eigenvalue weighted by atomic mass is 79.9. The molecule has 0 spiro atoms. The minimum Gasteiger partial charge on any atom is -0.372 e. The summed E-state index contributed by atoms with van der Waals surface area (Å²) in [6.07, 6.45) is 4.55. The molecule has 0 saturated carbocycles. The fourth-order valence-corrected chi connectivity index (χ4v) is 3.77. The Kier molecular flexibility index (Phi) is 4.76. The number of nitrogens with zero attached hydrogens (tertiary/aromatic N) is 3. The van der Waals surface area contributed by atoms with E-state index >= 15 is 0 Å². The van der Waals surface area contributed by atoms with Crippen LogP contribution in [0.5, 0.6) is 0 Å². The van der Waals surface area contributed by atoms with Crippen LogP contribution in [0.2, 0.25) is 0 Å². The van der Waals surface area contributed by atoms with Crippen molar-refractivity contribution in [3.8, 4) is 0 Å². The number of hydrogen-bond acceptors (Lipinski definition) is 5. The lowest BCUT2D eigenvalue weighted by atomic mass is 10.1. The molecular weight excluding hydrogens is 332 g/mol. The SMILES string of the molecule is CCCc1nc(C2CN3CCCC3CO2)nc(NC)c1Br. The number of fused-ring (bicyclic) bond motifs is 1. The Morgan fingerprint density at radius 2 is 2.29 bits per heavy atom. The highest BCUT2D eigenvalue weighted by Crippen LogP contribution is 2.31. The normalized spacial score (nSPS) is 25.9. The number of aryl methyl sites for hydroxylation is 1. The number of ether oxygens (including phenoxy) is 1. The molecule has 1 N–H and O–H groups in total. The zero-order valence-corrected chi connectivity index (χ0v) is 14.3. The second-order valence-electron chi connectivity index (χ2n) is 5.80. The van der Waals surface area contributed by atoms with Crippen molar-refractivity contribution < 1.29 is 4.74 Å². The third-order valence-electron chi connectivity index (χ3n) is 4.34. The first-order valence-corrected chi connectivity index (χ1v) is 8.62. The summed E-state index contributed by atoms with van der Waals surface area (Å²) in [6, 6.07) is 0.607. The third-order valence-corrected chi connectivity index (χ3v) is 5.17. The van der Waals surface area contributed by atoms with Gasteiger partial charge in [-0.05, 0) is 41.7 Å². The first-order chi connectivity index (χ1) is 10.2. The number of anilines is 1. The molecule has 6 heteroatoms. The maximum atomic E-state index is 6.04. The summed E-state index contributed by atoms with van der Waals surface area (Å²) in [5.74, 6) is 1.67. The summed E-state index contributed by atoms with van der Waals surface area (Å²) in [7, 11) is 1.89. The monoisotopic (exact) mass is 354 g/mol. The van der Waals surface area contributed by atoms with Crippen molar-refractivity contribution in [3.05, 3.63) is 16.0 Å². The third kappa shape index (κ3) is 3.07. The van der Waals surface area contributed by atoms with Crippen molar-refractivity contribution in [3.63, 3.8) is 0 Å². The molecule has 0 amide bonds. The maximum absolute atomic E-state index is 6.04. The Balaban J connectivity index is 1.85. The smallest absolute Gasteiger partial charge is 0.161 e. The standard InChI is InChI=1S/C15H23BrN4O/c1-3-5-11-13(16)15(17-2)19-14(18-11)12-8-20-7-4-6-10(20)9-21-12/h10,12H,3-9H2,1-2H3,(H,17,18,19). The number of hydrogen-bond donors (Lipinski definition) is 1. The Morgan fingerprint density at radius 3 is 3.05 bits per heavy atom. The molecule has 2 unspecified atom stereocenters. The van der Waals surface area contributed by atoms with E-state index in [1.807, 2.05) is 7.05 Å². The van der Waals surface area contributed by atoms with E-state index in [1.165, 1.54) is 19.4 Å². The van der Waals surface area contributed by atoms with Gasteiger partial charge in [0.25, 0.3) is 0 Å². The van der Waals surface area contributed by atoms with Crippen molar-refractivity contribution in [2.45, 2.75) is 44.8 Å². The highest BCUT2D eigenvalue weighted by Gasteiger charge is 2.34. The van der Waals surface area contributed by atoms with Crippen LogP contribution in [0.25, 0.3) is 0 Å². The van der Waals surface area contributed by atoms with Crippen LogP contribution in [0.4, 0.5) is 5.82 Å². The van der Waals surface area contributed by atoms with Crippen LogP contribution in [-0.4, -0.2) is 47.7 Å². The van der Waals surface area contributed by atoms with Crippen LogP contribution < -0.4 is 5.32 Å². The molecule has 3 heterocycles. The van der Waals surface area contributed by atoms with Crippen LogP contribution in [0, 0.1) is 0 Å². The van der Waals surface area contributed by atoms with Crippen molar-refractivity contribution in [1.29, 1.82) is 0 Å². The first kappa shape index (κ1) is 15.2. The molecule has 0 aliphatic carbocycles. The van der Waals surface area contributed by atoms with Gasteiger partial charge in [0, 0.05) is 19.6 Å². The Bertz CT molecular complexity index is 511. The molecule has 116 valence electrons. The number of rotatable bonds is 4. The summed E-state index contributed by atoms with van der Waals surface area (Å²) >= 11 is 3.61. The zero-order valence-electron chi connectivity index (χ0n) is 12.7. The molecule has 1 aromatic rings. The van der Waals surface area contributed by atoms with E-state index in [9.17, 15) is 0 Å². The molecule has 2 aliphatic rings. The summed E-state index contributed by atoms with van der Waals surface area (Å²) in [5.41, 5.74) is 1.07. The van der Waals surface area contributed by atoms with Gasteiger partial charge < -0.3 is 10.1 Å². The van der Waals surface area contributed by atoms with E-state index in [0.717, 1.165) is 47.8 Å². The molecular formula is C15H23BrN4O. The number of nitrogens with one attached hydrogen (secondary N) is 1. The van der Waals surface area contributed by atoms with Gasteiger partial charge in [0.1, 0.15) is 11.9 Å². The average Bonchev–Trinajstić information content (AvgIpc) is 2.97. The molecule has 1 aromatic heterocycles. The van der Waals surface area contributed by atoms with E-state index in [0.29, 0.717) is 6.04 Å². The Morgan fingerprint density at radius 1 is 1.43 bits per heavy atom. The minimum absolute atomic E-state index is 0.00449. The van der Waals surface area contributed by atoms with Crippen LogP contribution in [0.3, 0.4) is 0 Å². The van der Waals surface area contributed by atoms with Gasteiger partial charge in [0.15, 0.2) is 5.82 Å². The van der Waals surface area contributed by atoms with Crippen LogP contribution >= 0.6 is 15.9 Å². The van der Waals surface area contributed by atoms with E-state index in [1.54, 1.807) is 0 Å². The van der Waals surface area contributed by atoms with Gasteiger partial charge in [-0.25, -0.2) is 9.97 Å². The summed E-state index contributed by atoms with van der Waals surface area (Å²) in [4.78, 5) is 11.9. The Labute approximate surface area is 134 Å². The molecule has 0 radical (unpaired) electrons. The van der Waals surface area contributed by atoms with Crippen molar-refractivity contribution in [1.82, 2.24) is 14.9 Å². The summed E-state index contributed by atoms with van der Waals surface area (Å²) in [5, 5.41) is 3.15. The van der Waals surface area contributed by atoms with E-state index in [2.05, 4.69) is 38.1 Å². The topological polar surface area (TPSA) is 50.3 Å². The second kappa shape index (κ2) is 6.58. The summed E-state index contributed by atoms with van der Waals surface area (Å²) in [6.45, 7) is 5.07. The van der Waals surface area contributed by atoms with E-state index in [4.69, 9.17) is 9.72 Å². The van der Waals surface area contributed by atoms with Gasteiger partial charge in [-0.1, -0.05) is 13.3 Å². The van der Waals surface area contributed by atoms with Gasteiger partial charge in [0.2, 0.25) is 0 Å². The van der Waals surface area contributed by atoms with Gasteiger partial charge in [0.05, 0.1) is 16.8 Å². The van der Waals surface area contributed by atoms with Crippen LogP contribution in [-0.2, 0) is 11.2 Å². The fourth-order valence-electron chi connectivity index (χ4n) is 3.20. The molecule has 2 aliphatic heterocycles. The molecule has 0 bridgehead atoms. The lowest BCUT2D eigenvalue weighted by molar-refractivity contribution is -0.0541. The average molecular weight is 355 g/mol. The van der Waals surface area contributed by atoms with Gasteiger partial charge in [-0.3, -0.25) is 4.90 Å². The van der Waals surface area contributed by atoms with Crippen molar-refractivity contribution in [2.75, 3.05) is 32.1 Å². The fraction of sp³-hybridized carbons (Fsp3) is 0.733. The number of aromatic nitrogens is 2. The predicted molar refractivity (Wildman–Crippen MR) is 86.6 cm³/mol. The lowest BCUT2D eigenvalue weighted by Crippen LogP contribution is -2.43. The quantitative estimate of drug-likeness (QED) is 0.900. The van der Waals surface area contributed by atoms with Crippen LogP contribution in [0.15, 0.2) is 4.47 Å². The molecule has 2 saturated heterocycles. The largest absolute Gasteiger partial charge is 0.372 e. The molecule has 5 nitrogen and oxygen atoms in total. The zero-order chi connectivity index (χ0) is 14.8. The first-order valence-electron chi connectivity index (χ1n) is 7.82. The van der Waals surface area contributed by atoms with Gasteiger partial charge >= 0.3 is 0 Å². The summed E-state index contributed by atoms with van der Waals surface area (Å²) < 4.78 is 7.02. The van der Waals surface area contributed by atoms with Crippen LogP contribution in [0.1, 0.15) is 43.8 Å². The minimum atomic E-state index is -0.00449. The second-order valence-corrected chi connectivity index (χ2v) is 6.60. The molecule has 3 rings (SSSR count). The molecule has 2 fully saturated rings. The molecule has 21 heavy (non-hydrogen) atoms. The Hall–Kier alpha value is -0.720. The molecule has 2 atom stereocenters. The van der Waals surface area contributed by atoms with E-state index < -0.39 is 0 Å².